The van der Waals surface area contributed by atoms with E-state index in [1.807, 2.05) is 9.47 Å². The number of carbonyl (C=O) groups excluding carboxylic acids is 1. The highest BCUT2D eigenvalue weighted by Gasteiger charge is 2.27. The molecule has 6 nitrogen and oxygen atoms in total. The molecule has 0 aliphatic carbocycles. The van der Waals surface area contributed by atoms with Crippen molar-refractivity contribution in [2.75, 3.05) is 26.8 Å². The fourth-order valence-corrected chi connectivity index (χ4v) is 3.31. The topological polar surface area (TPSA) is 63.1 Å². The summed E-state index contributed by atoms with van der Waals surface area (Å²) in [6.45, 7) is 5.21. The summed E-state index contributed by atoms with van der Waals surface area (Å²) in [4.78, 5) is 14.3. The quantitative estimate of drug-likeness (QED) is 0.618. The third kappa shape index (κ3) is 4.16. The molecule has 7 heteroatoms. The molecule has 0 radical (unpaired) electrons. The molecular formula is C15H26N4O2S. The number of nitrogens with zero attached hydrogens (tertiary/aromatic N) is 3. The van der Waals surface area contributed by atoms with Gasteiger partial charge in [-0.05, 0) is 44.8 Å². The number of methoxy groups -OCH3 is 1. The molecule has 0 spiro atoms. The van der Waals surface area contributed by atoms with Gasteiger partial charge in [0.25, 0.3) is 0 Å². The monoisotopic (exact) mass is 326 g/mol. The molecule has 0 bridgehead atoms. The maximum atomic E-state index is 12.3. The van der Waals surface area contributed by atoms with Crippen molar-refractivity contribution >= 4 is 18.1 Å². The van der Waals surface area contributed by atoms with Crippen molar-refractivity contribution in [3.63, 3.8) is 0 Å². The van der Waals surface area contributed by atoms with Crippen LogP contribution in [-0.4, -0.2) is 52.4 Å². The first-order chi connectivity index (χ1) is 10.7. The molecule has 1 aromatic rings. The number of rotatable bonds is 7. The van der Waals surface area contributed by atoms with E-state index in [1.165, 1.54) is 0 Å². The van der Waals surface area contributed by atoms with E-state index in [0.717, 1.165) is 57.7 Å². The van der Waals surface area contributed by atoms with Crippen LogP contribution >= 0.6 is 12.2 Å². The lowest BCUT2D eigenvalue weighted by Gasteiger charge is -2.32. The number of carbonyl (C=O) groups is 1. The Labute approximate surface area is 136 Å². The Morgan fingerprint density at radius 3 is 3.05 bits per heavy atom. The maximum Gasteiger partial charge on any atom is 0.222 e. The summed E-state index contributed by atoms with van der Waals surface area (Å²) in [5, 5.41) is 7.26. The molecule has 124 valence electrons. The molecule has 0 saturated carbocycles. The Morgan fingerprint density at radius 1 is 1.50 bits per heavy atom. The number of H-pyrrole nitrogens is 1. The van der Waals surface area contributed by atoms with Gasteiger partial charge in [0.15, 0.2) is 4.77 Å². The highest BCUT2D eigenvalue weighted by atomic mass is 32.1. The summed E-state index contributed by atoms with van der Waals surface area (Å²) in [6, 6.07) is 0. The fraction of sp³-hybridized carbons (Fsp3) is 0.800. The van der Waals surface area contributed by atoms with Crippen molar-refractivity contribution in [3.05, 3.63) is 10.6 Å². The molecule has 2 heterocycles. The number of ether oxygens (including phenoxy) is 1. The standard InChI is InChI=1S/C15H26N4O2S/c1-3-19-14(16-17-15(19)22)12-7-6-9-18(11-12)13(20)8-4-5-10-21-2/h12H,3-11H2,1-2H3,(H,17,22). The van der Waals surface area contributed by atoms with Gasteiger partial charge < -0.3 is 14.2 Å². The van der Waals surface area contributed by atoms with Crippen LogP contribution in [0.5, 0.6) is 0 Å². The second-order valence-electron chi connectivity index (χ2n) is 5.76. The maximum absolute atomic E-state index is 12.3. The molecule has 1 aromatic heterocycles. The minimum Gasteiger partial charge on any atom is -0.385 e. The van der Waals surface area contributed by atoms with Gasteiger partial charge in [-0.3, -0.25) is 9.89 Å². The second-order valence-corrected chi connectivity index (χ2v) is 6.15. The number of piperidine rings is 1. The van der Waals surface area contributed by atoms with Crippen LogP contribution in [0.25, 0.3) is 0 Å². The van der Waals surface area contributed by atoms with E-state index >= 15 is 0 Å². The Morgan fingerprint density at radius 2 is 2.32 bits per heavy atom. The predicted octanol–water partition coefficient (Wildman–Crippen LogP) is 2.48. The molecule has 22 heavy (non-hydrogen) atoms. The van der Waals surface area contributed by atoms with Gasteiger partial charge in [-0.25, -0.2) is 0 Å². The zero-order valence-electron chi connectivity index (χ0n) is 13.5. The number of nitrogens with one attached hydrogen (secondary N) is 1. The number of hydrogen-bond acceptors (Lipinski definition) is 4. The average Bonchev–Trinajstić information content (AvgIpc) is 2.92. The van der Waals surface area contributed by atoms with E-state index in [0.29, 0.717) is 11.2 Å². The summed E-state index contributed by atoms with van der Waals surface area (Å²) >= 11 is 5.26. The summed E-state index contributed by atoms with van der Waals surface area (Å²) in [7, 11) is 1.69. The molecular weight excluding hydrogens is 300 g/mol. The largest absolute Gasteiger partial charge is 0.385 e. The lowest BCUT2D eigenvalue weighted by molar-refractivity contribution is -0.132. The third-order valence-electron chi connectivity index (χ3n) is 4.23. The molecule has 1 atom stereocenters. The number of aromatic amines is 1. The summed E-state index contributed by atoms with van der Waals surface area (Å²) in [6.07, 6.45) is 4.52. The van der Waals surface area contributed by atoms with E-state index in [4.69, 9.17) is 17.0 Å². The van der Waals surface area contributed by atoms with Crippen molar-refractivity contribution in [1.29, 1.82) is 0 Å². The molecule has 0 aromatic carbocycles. The third-order valence-corrected chi connectivity index (χ3v) is 4.54. The van der Waals surface area contributed by atoms with Gasteiger partial charge in [-0.2, -0.15) is 5.10 Å². The number of aromatic nitrogens is 3. The van der Waals surface area contributed by atoms with Crippen molar-refractivity contribution in [3.8, 4) is 0 Å². The van der Waals surface area contributed by atoms with E-state index in [-0.39, 0.29) is 11.8 Å². The molecule has 1 unspecified atom stereocenters. The molecule has 1 amide bonds. The number of hydrogen-bond donors (Lipinski definition) is 1. The summed E-state index contributed by atoms with van der Waals surface area (Å²) in [5.41, 5.74) is 0. The second kappa shape index (κ2) is 8.43. The van der Waals surface area contributed by atoms with Gasteiger partial charge in [-0.1, -0.05) is 0 Å². The van der Waals surface area contributed by atoms with Crippen LogP contribution in [0, 0.1) is 4.77 Å². The number of unbranched alkanes of at least 4 members (excludes halogenated alkanes) is 1. The van der Waals surface area contributed by atoms with E-state index in [1.54, 1.807) is 7.11 Å². The van der Waals surface area contributed by atoms with E-state index < -0.39 is 0 Å². The van der Waals surface area contributed by atoms with Crippen LogP contribution in [0.15, 0.2) is 0 Å². The summed E-state index contributed by atoms with van der Waals surface area (Å²) in [5.74, 6) is 1.52. The smallest absolute Gasteiger partial charge is 0.222 e. The summed E-state index contributed by atoms with van der Waals surface area (Å²) < 4.78 is 7.72. The van der Waals surface area contributed by atoms with Crippen LogP contribution in [0.1, 0.15) is 50.8 Å². The van der Waals surface area contributed by atoms with Crippen LogP contribution in [0.4, 0.5) is 0 Å². The van der Waals surface area contributed by atoms with Gasteiger partial charge >= 0.3 is 0 Å². The zero-order chi connectivity index (χ0) is 15.9. The number of amides is 1. The lowest BCUT2D eigenvalue weighted by atomic mass is 9.96. The first kappa shape index (κ1) is 17.1. The average molecular weight is 326 g/mol. The number of likely N-dealkylation sites (tertiary alicyclic amines) is 1. The predicted molar refractivity (Wildman–Crippen MR) is 87.4 cm³/mol. The first-order valence-corrected chi connectivity index (χ1v) is 8.50. The van der Waals surface area contributed by atoms with Gasteiger partial charge in [0.1, 0.15) is 5.82 Å². The van der Waals surface area contributed by atoms with Crippen molar-refractivity contribution in [1.82, 2.24) is 19.7 Å². The van der Waals surface area contributed by atoms with E-state index in [2.05, 4.69) is 17.1 Å². The SMILES string of the molecule is CCn1c(C2CCCN(C(=O)CCCCOC)C2)n[nH]c1=S. The van der Waals surface area contributed by atoms with Gasteiger partial charge in [0.2, 0.25) is 5.91 Å². The van der Waals surface area contributed by atoms with Crippen LogP contribution in [0.3, 0.4) is 0 Å². The minimum absolute atomic E-state index is 0.248. The van der Waals surface area contributed by atoms with E-state index in [9.17, 15) is 4.79 Å². The highest BCUT2D eigenvalue weighted by Crippen LogP contribution is 2.26. The zero-order valence-corrected chi connectivity index (χ0v) is 14.3. The molecule has 2 rings (SSSR count). The normalized spacial score (nSPS) is 18.6. The van der Waals surface area contributed by atoms with Crippen molar-refractivity contribution in [2.45, 2.75) is 51.5 Å². The Bertz CT molecular complexity index is 540. The van der Waals surface area contributed by atoms with Gasteiger partial charge in [0.05, 0.1) is 0 Å². The van der Waals surface area contributed by atoms with Crippen molar-refractivity contribution in [2.24, 2.45) is 0 Å². The van der Waals surface area contributed by atoms with Gasteiger partial charge in [-0.15, -0.1) is 0 Å². The molecule has 1 N–H and O–H groups in total. The Hall–Kier alpha value is -1.21. The van der Waals surface area contributed by atoms with Crippen LogP contribution in [-0.2, 0) is 16.1 Å². The van der Waals surface area contributed by atoms with Crippen LogP contribution in [0.2, 0.25) is 0 Å². The molecule has 1 fully saturated rings. The first-order valence-electron chi connectivity index (χ1n) is 8.09. The molecule has 1 aliphatic heterocycles. The fourth-order valence-electron chi connectivity index (χ4n) is 3.04. The van der Waals surface area contributed by atoms with Crippen molar-refractivity contribution < 1.29 is 9.53 Å². The van der Waals surface area contributed by atoms with Crippen LogP contribution < -0.4 is 0 Å². The Balaban J connectivity index is 1.93. The molecule has 1 aliphatic rings. The lowest BCUT2D eigenvalue weighted by Crippen LogP contribution is -2.39. The minimum atomic E-state index is 0.248. The highest BCUT2D eigenvalue weighted by molar-refractivity contribution is 7.71. The molecule has 1 saturated heterocycles. The Kier molecular flexibility index (Phi) is 6.57. The van der Waals surface area contributed by atoms with Gasteiger partial charge in [0, 0.05) is 45.7 Å².